The minimum Gasteiger partial charge on any atom is -0.481 e. The van der Waals surface area contributed by atoms with Gasteiger partial charge in [0.25, 0.3) is 0 Å². The van der Waals surface area contributed by atoms with Crippen LogP contribution in [0.4, 0.5) is 5.69 Å². The maximum absolute atomic E-state index is 11.3. The zero-order chi connectivity index (χ0) is 14.5. The van der Waals surface area contributed by atoms with Gasteiger partial charge in [-0.25, -0.2) is 0 Å². The molecule has 0 aliphatic heterocycles. The average molecular weight is 272 g/mol. The molecule has 0 unspecified atom stereocenters. The zero-order valence-electron chi connectivity index (χ0n) is 11.4. The summed E-state index contributed by atoms with van der Waals surface area (Å²) in [4.78, 5) is 14.9. The van der Waals surface area contributed by atoms with Gasteiger partial charge in [0.1, 0.15) is 6.61 Å². The number of hydrogen-bond acceptors (Lipinski definition) is 4. The van der Waals surface area contributed by atoms with Crippen molar-refractivity contribution >= 4 is 5.69 Å². The largest absolute Gasteiger partial charge is 0.481 e. The van der Waals surface area contributed by atoms with Gasteiger partial charge in [0.2, 0.25) is 5.75 Å². The highest BCUT2D eigenvalue weighted by atomic mass is 16.6. The standard InChI is InChI=1S/C15H16N2O3/c1-11(2)13-8-16-9-14(15(13)17(18)19)20-10-12-6-4-3-5-7-12/h3-9,11H,10H2,1-2H3. The van der Waals surface area contributed by atoms with E-state index in [0.29, 0.717) is 5.56 Å². The Morgan fingerprint density at radius 1 is 1.25 bits per heavy atom. The third-order valence-corrected chi connectivity index (χ3v) is 2.95. The van der Waals surface area contributed by atoms with E-state index < -0.39 is 4.92 Å². The van der Waals surface area contributed by atoms with E-state index in [2.05, 4.69) is 4.98 Å². The van der Waals surface area contributed by atoms with Gasteiger partial charge >= 0.3 is 5.69 Å². The second-order valence-electron chi connectivity index (χ2n) is 4.76. The van der Waals surface area contributed by atoms with Crippen LogP contribution in [-0.4, -0.2) is 9.91 Å². The van der Waals surface area contributed by atoms with Crippen LogP contribution in [0.2, 0.25) is 0 Å². The number of aromatic nitrogens is 1. The first-order valence-electron chi connectivity index (χ1n) is 6.38. The molecule has 0 saturated carbocycles. The summed E-state index contributed by atoms with van der Waals surface area (Å²) in [6, 6.07) is 9.52. The van der Waals surface area contributed by atoms with E-state index in [1.807, 2.05) is 44.2 Å². The predicted octanol–water partition coefficient (Wildman–Crippen LogP) is 3.69. The van der Waals surface area contributed by atoms with Crippen molar-refractivity contribution in [3.63, 3.8) is 0 Å². The summed E-state index contributed by atoms with van der Waals surface area (Å²) in [5, 5.41) is 11.3. The van der Waals surface area contributed by atoms with E-state index in [1.165, 1.54) is 12.4 Å². The number of nitro groups is 1. The molecule has 2 rings (SSSR count). The van der Waals surface area contributed by atoms with Crippen LogP contribution in [0.15, 0.2) is 42.7 Å². The topological polar surface area (TPSA) is 65.3 Å². The summed E-state index contributed by atoms with van der Waals surface area (Å²) < 4.78 is 5.57. The van der Waals surface area contributed by atoms with Gasteiger partial charge in [0, 0.05) is 6.20 Å². The normalized spacial score (nSPS) is 10.6. The lowest BCUT2D eigenvalue weighted by molar-refractivity contribution is -0.386. The monoisotopic (exact) mass is 272 g/mol. The fraction of sp³-hybridized carbons (Fsp3) is 0.267. The van der Waals surface area contributed by atoms with Crippen molar-refractivity contribution in [1.82, 2.24) is 4.98 Å². The zero-order valence-corrected chi connectivity index (χ0v) is 11.4. The van der Waals surface area contributed by atoms with Gasteiger partial charge in [-0.15, -0.1) is 0 Å². The summed E-state index contributed by atoms with van der Waals surface area (Å²) >= 11 is 0. The van der Waals surface area contributed by atoms with Crippen molar-refractivity contribution in [2.75, 3.05) is 0 Å². The molecule has 0 spiro atoms. The molecule has 1 aromatic carbocycles. The van der Waals surface area contributed by atoms with Gasteiger partial charge in [-0.1, -0.05) is 44.2 Å². The smallest absolute Gasteiger partial charge is 0.317 e. The fourth-order valence-corrected chi connectivity index (χ4v) is 1.91. The molecular weight excluding hydrogens is 256 g/mol. The molecule has 5 nitrogen and oxygen atoms in total. The maximum Gasteiger partial charge on any atom is 0.317 e. The Balaban J connectivity index is 2.27. The second kappa shape index (κ2) is 6.14. The molecular formula is C15H16N2O3. The third-order valence-electron chi connectivity index (χ3n) is 2.95. The van der Waals surface area contributed by atoms with Gasteiger partial charge < -0.3 is 4.74 Å². The summed E-state index contributed by atoms with van der Waals surface area (Å²) in [7, 11) is 0. The summed E-state index contributed by atoms with van der Waals surface area (Å²) in [6.45, 7) is 4.07. The van der Waals surface area contributed by atoms with Gasteiger partial charge in [0.15, 0.2) is 0 Å². The van der Waals surface area contributed by atoms with Crippen LogP contribution >= 0.6 is 0 Å². The second-order valence-corrected chi connectivity index (χ2v) is 4.76. The predicted molar refractivity (Wildman–Crippen MR) is 75.8 cm³/mol. The van der Waals surface area contributed by atoms with Crippen LogP contribution in [0.25, 0.3) is 0 Å². The third kappa shape index (κ3) is 3.12. The molecule has 104 valence electrons. The molecule has 1 aromatic heterocycles. The molecule has 1 heterocycles. The lowest BCUT2D eigenvalue weighted by Crippen LogP contribution is -2.04. The van der Waals surface area contributed by atoms with Gasteiger partial charge in [-0.2, -0.15) is 0 Å². The number of benzene rings is 1. The first-order chi connectivity index (χ1) is 9.59. The Labute approximate surface area is 117 Å². The lowest BCUT2D eigenvalue weighted by atomic mass is 10.0. The maximum atomic E-state index is 11.3. The minimum atomic E-state index is -0.405. The Bertz CT molecular complexity index is 597. The minimum absolute atomic E-state index is 0.00549. The SMILES string of the molecule is CC(C)c1cncc(OCc2ccccc2)c1[N+](=O)[O-]. The van der Waals surface area contributed by atoms with Gasteiger partial charge in [-0.05, 0) is 11.5 Å². The molecule has 20 heavy (non-hydrogen) atoms. The lowest BCUT2D eigenvalue weighted by Gasteiger charge is -2.11. The van der Waals surface area contributed by atoms with E-state index in [1.54, 1.807) is 0 Å². The van der Waals surface area contributed by atoms with Crippen LogP contribution in [0.3, 0.4) is 0 Å². The first kappa shape index (κ1) is 14.0. The van der Waals surface area contributed by atoms with Crippen molar-refractivity contribution in [1.29, 1.82) is 0 Å². The van der Waals surface area contributed by atoms with E-state index in [-0.39, 0.29) is 24.0 Å². The van der Waals surface area contributed by atoms with Crippen LogP contribution < -0.4 is 4.74 Å². The number of nitrogens with zero attached hydrogens (tertiary/aromatic N) is 2. The van der Waals surface area contributed by atoms with Crippen molar-refractivity contribution < 1.29 is 9.66 Å². The highest BCUT2D eigenvalue weighted by molar-refractivity contribution is 5.51. The Hall–Kier alpha value is -2.43. The Kier molecular flexibility index (Phi) is 4.30. The highest BCUT2D eigenvalue weighted by Crippen LogP contribution is 2.34. The van der Waals surface area contributed by atoms with Crippen molar-refractivity contribution in [3.05, 3.63) is 64.0 Å². The molecule has 0 saturated heterocycles. The molecule has 0 radical (unpaired) electrons. The highest BCUT2D eigenvalue weighted by Gasteiger charge is 2.23. The molecule has 5 heteroatoms. The van der Waals surface area contributed by atoms with E-state index >= 15 is 0 Å². The molecule has 0 atom stereocenters. The first-order valence-corrected chi connectivity index (χ1v) is 6.38. The van der Waals surface area contributed by atoms with Crippen molar-refractivity contribution in [2.45, 2.75) is 26.4 Å². The summed E-state index contributed by atoms with van der Waals surface area (Å²) in [5.41, 5.74) is 1.54. The van der Waals surface area contributed by atoms with Crippen LogP contribution in [0.1, 0.15) is 30.9 Å². The van der Waals surface area contributed by atoms with Crippen LogP contribution in [-0.2, 0) is 6.61 Å². The number of rotatable bonds is 5. The quantitative estimate of drug-likeness (QED) is 0.615. The number of ether oxygens (including phenoxy) is 1. The van der Waals surface area contributed by atoms with E-state index in [4.69, 9.17) is 4.74 Å². The molecule has 0 fully saturated rings. The Morgan fingerprint density at radius 3 is 2.55 bits per heavy atom. The number of pyridine rings is 1. The Morgan fingerprint density at radius 2 is 1.95 bits per heavy atom. The van der Waals surface area contributed by atoms with Gasteiger partial charge in [0.05, 0.1) is 16.7 Å². The molecule has 2 aromatic rings. The van der Waals surface area contributed by atoms with E-state index in [9.17, 15) is 10.1 Å². The molecule has 0 aliphatic carbocycles. The molecule has 0 N–H and O–H groups in total. The summed E-state index contributed by atoms with van der Waals surface area (Å²) in [6.07, 6.45) is 2.92. The molecule has 0 bridgehead atoms. The molecule has 0 aliphatic rings. The average Bonchev–Trinajstić information content (AvgIpc) is 2.45. The molecule has 0 amide bonds. The van der Waals surface area contributed by atoms with Crippen LogP contribution in [0.5, 0.6) is 5.75 Å². The fourth-order valence-electron chi connectivity index (χ4n) is 1.91. The van der Waals surface area contributed by atoms with Gasteiger partial charge in [-0.3, -0.25) is 15.1 Å². The van der Waals surface area contributed by atoms with Crippen LogP contribution in [0, 0.1) is 10.1 Å². The van der Waals surface area contributed by atoms with E-state index in [0.717, 1.165) is 5.56 Å². The number of hydrogen-bond donors (Lipinski definition) is 0. The summed E-state index contributed by atoms with van der Waals surface area (Å²) in [5.74, 6) is 0.230. The van der Waals surface area contributed by atoms with Crippen molar-refractivity contribution in [2.24, 2.45) is 0 Å². The van der Waals surface area contributed by atoms with Crippen molar-refractivity contribution in [3.8, 4) is 5.75 Å².